The fourth-order valence-electron chi connectivity index (χ4n) is 2.04. The number of phenolic OH excluding ortho intramolecular Hbond substituents is 1. The van der Waals surface area contributed by atoms with Gasteiger partial charge in [0.25, 0.3) is 0 Å². The van der Waals surface area contributed by atoms with E-state index in [0.717, 1.165) is 0 Å². The minimum atomic E-state index is -0.514. The van der Waals surface area contributed by atoms with E-state index >= 15 is 0 Å². The number of hydrogen-bond donors (Lipinski definition) is 1. The molecule has 0 radical (unpaired) electrons. The number of rotatable bonds is 2. The fraction of sp³-hybridized carbons (Fsp3) is 0.308. The minimum Gasteiger partial charge on any atom is -0.507 e. The largest absolute Gasteiger partial charge is 0.507 e. The molecule has 0 aromatic heterocycles. The molecule has 1 aromatic carbocycles. The maximum atomic E-state index is 13.8. The van der Waals surface area contributed by atoms with E-state index in [1.807, 2.05) is 6.92 Å². The van der Waals surface area contributed by atoms with Crippen LogP contribution in [0.2, 0.25) is 0 Å². The average Bonchev–Trinajstić information content (AvgIpc) is 2.33. The first-order valence-electron chi connectivity index (χ1n) is 5.69. The Hall–Kier alpha value is -1.11. The molecule has 0 aliphatic carbocycles. The van der Waals surface area contributed by atoms with Gasteiger partial charge in [0.1, 0.15) is 11.6 Å². The lowest BCUT2D eigenvalue weighted by molar-refractivity contribution is -0.127. The number of carbonyl (C=O) groups is 1. The highest BCUT2D eigenvalue weighted by Gasteiger charge is 2.30. The summed E-state index contributed by atoms with van der Waals surface area (Å²) in [6.45, 7) is 2.29. The second kappa shape index (κ2) is 5.26. The Morgan fingerprint density at radius 3 is 2.89 bits per heavy atom. The number of benzene rings is 1. The van der Waals surface area contributed by atoms with Crippen molar-refractivity contribution < 1.29 is 14.3 Å². The third-order valence-corrected chi connectivity index (χ3v) is 3.95. The molecule has 1 heterocycles. The van der Waals surface area contributed by atoms with Crippen molar-refractivity contribution >= 4 is 34.2 Å². The molecule has 1 aliphatic heterocycles. The first-order chi connectivity index (χ1) is 8.56. The maximum Gasteiger partial charge on any atom is 0.240 e. The molecule has 0 fully saturated rings. The summed E-state index contributed by atoms with van der Waals surface area (Å²) in [6.07, 6.45) is 2.36. The van der Waals surface area contributed by atoms with Gasteiger partial charge in [-0.1, -0.05) is 34.7 Å². The number of nitrogens with zero attached hydrogens (tertiary/aromatic N) is 1. The minimum absolute atomic E-state index is 0.0433. The molecule has 96 valence electrons. The zero-order valence-electron chi connectivity index (χ0n) is 9.86. The molecule has 0 saturated heterocycles. The van der Waals surface area contributed by atoms with Crippen molar-refractivity contribution in [3.05, 3.63) is 35.7 Å². The zero-order chi connectivity index (χ0) is 13.3. The van der Waals surface area contributed by atoms with Crippen LogP contribution in [0.15, 0.2) is 24.3 Å². The molecule has 1 unspecified atom stereocenters. The number of alkyl halides is 1. The molecule has 0 bridgehead atoms. The molecule has 1 aromatic rings. The molecule has 5 heteroatoms. The Morgan fingerprint density at radius 1 is 1.56 bits per heavy atom. The van der Waals surface area contributed by atoms with Crippen LogP contribution in [0.5, 0.6) is 5.75 Å². The quantitative estimate of drug-likeness (QED) is 0.650. The third-order valence-electron chi connectivity index (χ3n) is 2.91. The van der Waals surface area contributed by atoms with E-state index in [1.54, 1.807) is 6.08 Å². The molecule has 1 aliphatic rings. The van der Waals surface area contributed by atoms with E-state index in [9.17, 15) is 14.3 Å². The van der Waals surface area contributed by atoms with Gasteiger partial charge in [-0.2, -0.15) is 0 Å². The monoisotopic (exact) mass is 361 g/mol. The van der Waals surface area contributed by atoms with Crippen molar-refractivity contribution in [2.75, 3.05) is 6.54 Å². The van der Waals surface area contributed by atoms with Gasteiger partial charge in [-0.25, -0.2) is 4.39 Å². The second-order valence-electron chi connectivity index (χ2n) is 4.01. The van der Waals surface area contributed by atoms with E-state index in [0.29, 0.717) is 18.7 Å². The van der Waals surface area contributed by atoms with E-state index in [-0.39, 0.29) is 21.1 Å². The lowest BCUT2D eigenvalue weighted by Gasteiger charge is -2.30. The van der Waals surface area contributed by atoms with Crippen molar-refractivity contribution in [1.29, 1.82) is 0 Å². The van der Waals surface area contributed by atoms with Gasteiger partial charge in [0.2, 0.25) is 5.91 Å². The molecule has 0 spiro atoms. The van der Waals surface area contributed by atoms with Gasteiger partial charge in [0.05, 0.1) is 15.2 Å². The lowest BCUT2D eigenvalue weighted by atomic mass is 10.0. The van der Waals surface area contributed by atoms with E-state index in [1.165, 1.54) is 23.1 Å². The van der Waals surface area contributed by atoms with Gasteiger partial charge in [0.15, 0.2) is 0 Å². The van der Waals surface area contributed by atoms with Crippen LogP contribution in [-0.4, -0.2) is 26.4 Å². The van der Waals surface area contributed by atoms with Crippen LogP contribution < -0.4 is 0 Å². The molecule has 1 N–H and O–H groups in total. The summed E-state index contributed by atoms with van der Waals surface area (Å²) in [5.41, 5.74) is 0.571. The predicted octanol–water partition coefficient (Wildman–Crippen LogP) is 2.93. The summed E-state index contributed by atoms with van der Waals surface area (Å²) < 4.78 is 13.7. The number of allylic oxidation sites excluding steroid dienone is 1. The van der Waals surface area contributed by atoms with Crippen molar-refractivity contribution in [3.8, 4) is 5.75 Å². The molecular formula is C13H13FINO2. The van der Waals surface area contributed by atoms with Crippen LogP contribution in [-0.2, 0) is 4.79 Å². The number of halogens is 2. The van der Waals surface area contributed by atoms with Crippen molar-refractivity contribution in [2.45, 2.75) is 17.3 Å². The van der Waals surface area contributed by atoms with Crippen LogP contribution in [0.1, 0.15) is 18.9 Å². The fourth-order valence-corrected chi connectivity index (χ4v) is 2.63. The second-order valence-corrected chi connectivity index (χ2v) is 5.51. The summed E-state index contributed by atoms with van der Waals surface area (Å²) in [5, 5.41) is 9.79. The number of amides is 1. The number of phenols is 1. The molecule has 1 amide bonds. The standard InChI is InChI=1S/C13H13FINO2/c1-2-16-10(7-6-9(15)13(16)18)12-8(14)4-3-5-11(12)17/h3-5,7,9,17H,2,6H2,1H3. The molecule has 1 atom stereocenters. The van der Waals surface area contributed by atoms with Gasteiger partial charge >= 0.3 is 0 Å². The predicted molar refractivity (Wildman–Crippen MR) is 75.9 cm³/mol. The summed E-state index contributed by atoms with van der Waals surface area (Å²) in [6, 6.07) is 4.15. The molecule has 18 heavy (non-hydrogen) atoms. The summed E-state index contributed by atoms with van der Waals surface area (Å²) in [7, 11) is 0. The van der Waals surface area contributed by atoms with Gasteiger partial charge < -0.3 is 10.0 Å². The van der Waals surface area contributed by atoms with Crippen LogP contribution in [0.3, 0.4) is 0 Å². The normalized spacial score (nSPS) is 19.9. The molecule has 0 saturated carbocycles. The Kier molecular flexibility index (Phi) is 3.89. The third kappa shape index (κ3) is 2.23. The Balaban J connectivity index is 2.52. The summed E-state index contributed by atoms with van der Waals surface area (Å²) in [5.74, 6) is -0.697. The van der Waals surface area contributed by atoms with Crippen LogP contribution in [0.25, 0.3) is 5.70 Å². The highest BCUT2D eigenvalue weighted by molar-refractivity contribution is 14.1. The average molecular weight is 361 g/mol. The molecular weight excluding hydrogens is 348 g/mol. The Labute approximate surface area is 118 Å². The Morgan fingerprint density at radius 2 is 2.28 bits per heavy atom. The number of aromatic hydroxyl groups is 1. The van der Waals surface area contributed by atoms with Crippen molar-refractivity contribution in [3.63, 3.8) is 0 Å². The van der Waals surface area contributed by atoms with Gasteiger partial charge in [-0.3, -0.25) is 4.79 Å². The topological polar surface area (TPSA) is 40.5 Å². The SMILES string of the molecule is CCN1C(=O)C(I)CC=C1c1c(O)cccc1F. The highest BCUT2D eigenvalue weighted by atomic mass is 127. The van der Waals surface area contributed by atoms with Crippen LogP contribution in [0.4, 0.5) is 4.39 Å². The lowest BCUT2D eigenvalue weighted by Crippen LogP contribution is -2.38. The van der Waals surface area contributed by atoms with Crippen molar-refractivity contribution in [2.24, 2.45) is 0 Å². The van der Waals surface area contributed by atoms with E-state index in [4.69, 9.17) is 0 Å². The van der Waals surface area contributed by atoms with E-state index < -0.39 is 5.82 Å². The van der Waals surface area contributed by atoms with Crippen molar-refractivity contribution in [1.82, 2.24) is 4.90 Å². The maximum absolute atomic E-state index is 13.8. The first-order valence-corrected chi connectivity index (χ1v) is 6.94. The summed E-state index contributed by atoms with van der Waals surface area (Å²) >= 11 is 2.08. The first kappa shape index (κ1) is 13.3. The zero-order valence-corrected chi connectivity index (χ0v) is 12.0. The summed E-state index contributed by atoms with van der Waals surface area (Å²) in [4.78, 5) is 13.5. The molecule has 2 rings (SSSR count). The smallest absolute Gasteiger partial charge is 0.240 e. The van der Waals surface area contributed by atoms with Crippen LogP contribution in [0, 0.1) is 5.82 Å². The van der Waals surface area contributed by atoms with Gasteiger partial charge in [-0.15, -0.1) is 0 Å². The number of hydrogen-bond acceptors (Lipinski definition) is 2. The van der Waals surface area contributed by atoms with E-state index in [2.05, 4.69) is 22.6 Å². The van der Waals surface area contributed by atoms with Crippen LogP contribution >= 0.6 is 22.6 Å². The Bertz CT molecular complexity index is 495. The number of carbonyl (C=O) groups excluding carboxylic acids is 1. The van der Waals surface area contributed by atoms with Gasteiger partial charge in [-0.05, 0) is 25.5 Å². The van der Waals surface area contributed by atoms with Gasteiger partial charge in [0, 0.05) is 6.54 Å². The highest BCUT2D eigenvalue weighted by Crippen LogP contribution is 2.34. The molecule has 3 nitrogen and oxygen atoms in total.